The summed E-state index contributed by atoms with van der Waals surface area (Å²) >= 11 is 1.05. The van der Waals surface area contributed by atoms with Gasteiger partial charge in [-0.1, -0.05) is 47.7 Å². The van der Waals surface area contributed by atoms with E-state index in [0.29, 0.717) is 10.4 Å². The molecule has 12 heteroatoms. The van der Waals surface area contributed by atoms with Gasteiger partial charge in [0.1, 0.15) is 6.33 Å². The Bertz CT molecular complexity index is 1410. The number of rotatable bonds is 7. The van der Waals surface area contributed by atoms with Gasteiger partial charge in [0, 0.05) is 16.5 Å². The standard InChI is InChI=1S/C20H16N6O4S2/c1-13-7-9-15(10-8-13)32(29,30)25-24-19-18(26(27)28)20(23-12-22-19)31-16-6-2-4-14-5-3-11-21-17(14)16/h2-12,25H,1H3,(H,22,23,24). The Hall–Kier alpha value is -3.61. The third-order valence-electron chi connectivity index (χ3n) is 4.41. The van der Waals surface area contributed by atoms with E-state index in [2.05, 4.69) is 25.2 Å². The molecule has 0 spiro atoms. The minimum Gasteiger partial charge on any atom is -0.286 e. The number of para-hydroxylation sites is 1. The molecule has 10 nitrogen and oxygen atoms in total. The third kappa shape index (κ3) is 4.51. The zero-order chi connectivity index (χ0) is 22.7. The van der Waals surface area contributed by atoms with Crippen molar-refractivity contribution in [3.05, 3.63) is 82.8 Å². The van der Waals surface area contributed by atoms with E-state index in [9.17, 15) is 18.5 Å². The van der Waals surface area contributed by atoms with Gasteiger partial charge in [0.15, 0.2) is 5.03 Å². The Kier molecular flexibility index (Phi) is 5.99. The van der Waals surface area contributed by atoms with Crippen LogP contribution in [0.1, 0.15) is 5.56 Å². The van der Waals surface area contributed by atoms with E-state index in [4.69, 9.17) is 0 Å². The first-order valence-electron chi connectivity index (χ1n) is 9.20. The highest BCUT2D eigenvalue weighted by molar-refractivity contribution is 7.99. The Morgan fingerprint density at radius 2 is 1.75 bits per heavy atom. The molecular weight excluding hydrogens is 452 g/mol. The molecule has 4 rings (SSSR count). The first kappa shape index (κ1) is 21.6. The summed E-state index contributed by atoms with van der Waals surface area (Å²) in [5, 5.41) is 12.7. The first-order chi connectivity index (χ1) is 15.3. The van der Waals surface area contributed by atoms with Gasteiger partial charge in [-0.15, -0.1) is 4.83 Å². The Morgan fingerprint density at radius 1 is 1.00 bits per heavy atom. The highest BCUT2D eigenvalue weighted by Crippen LogP contribution is 2.38. The van der Waals surface area contributed by atoms with Crippen molar-refractivity contribution in [3.8, 4) is 0 Å². The highest BCUT2D eigenvalue weighted by Gasteiger charge is 2.26. The molecule has 0 saturated heterocycles. The lowest BCUT2D eigenvalue weighted by molar-refractivity contribution is -0.387. The van der Waals surface area contributed by atoms with Crippen LogP contribution >= 0.6 is 11.8 Å². The van der Waals surface area contributed by atoms with E-state index in [1.807, 2.05) is 25.1 Å². The molecular formula is C20H16N6O4S2. The average Bonchev–Trinajstić information content (AvgIpc) is 2.78. The Morgan fingerprint density at radius 3 is 2.50 bits per heavy atom. The lowest BCUT2D eigenvalue weighted by Crippen LogP contribution is -2.30. The predicted molar refractivity (Wildman–Crippen MR) is 120 cm³/mol. The second kappa shape index (κ2) is 8.86. The number of benzene rings is 2. The maximum atomic E-state index is 12.5. The van der Waals surface area contributed by atoms with E-state index in [1.54, 1.807) is 30.5 Å². The molecule has 0 aliphatic heterocycles. The zero-order valence-electron chi connectivity index (χ0n) is 16.6. The number of aryl methyl sites for hydroxylation is 1. The number of anilines is 1. The van der Waals surface area contributed by atoms with Gasteiger partial charge in [-0.25, -0.2) is 18.4 Å². The topological polar surface area (TPSA) is 140 Å². The van der Waals surface area contributed by atoms with Crippen LogP contribution < -0.4 is 10.3 Å². The summed E-state index contributed by atoms with van der Waals surface area (Å²) in [5.74, 6) is -0.281. The zero-order valence-corrected chi connectivity index (χ0v) is 18.2. The van der Waals surface area contributed by atoms with E-state index < -0.39 is 20.6 Å². The highest BCUT2D eigenvalue weighted by atomic mass is 32.2. The van der Waals surface area contributed by atoms with Crippen molar-refractivity contribution in [3.63, 3.8) is 0 Å². The van der Waals surface area contributed by atoms with Crippen LogP contribution in [0.2, 0.25) is 0 Å². The fraction of sp³-hybridized carbons (Fsp3) is 0.0500. The SMILES string of the molecule is Cc1ccc(S(=O)(=O)NNc2ncnc(Sc3cccc4cccnc34)c2[N+](=O)[O-])cc1. The fourth-order valence-electron chi connectivity index (χ4n) is 2.85. The number of hydrazine groups is 1. The van der Waals surface area contributed by atoms with Crippen molar-refractivity contribution in [1.82, 2.24) is 19.8 Å². The van der Waals surface area contributed by atoms with Gasteiger partial charge in [0.05, 0.1) is 15.3 Å². The van der Waals surface area contributed by atoms with Gasteiger partial charge < -0.3 is 0 Å². The van der Waals surface area contributed by atoms with Crippen molar-refractivity contribution in [2.75, 3.05) is 5.43 Å². The number of nitro groups is 1. The predicted octanol–water partition coefficient (Wildman–Crippen LogP) is 3.70. The van der Waals surface area contributed by atoms with Crippen LogP contribution in [-0.4, -0.2) is 28.3 Å². The molecule has 2 N–H and O–H groups in total. The molecule has 2 aromatic heterocycles. The van der Waals surface area contributed by atoms with Crippen LogP contribution in [0.15, 0.2) is 81.9 Å². The number of fused-ring (bicyclic) bond motifs is 1. The summed E-state index contributed by atoms with van der Waals surface area (Å²) in [7, 11) is -3.98. The Balaban J connectivity index is 1.65. The van der Waals surface area contributed by atoms with Gasteiger partial charge in [-0.2, -0.15) is 0 Å². The molecule has 2 aromatic carbocycles. The van der Waals surface area contributed by atoms with Gasteiger partial charge in [0.2, 0.25) is 5.82 Å². The summed E-state index contributed by atoms with van der Waals surface area (Å²) in [6, 6.07) is 15.3. The lowest BCUT2D eigenvalue weighted by Gasteiger charge is -2.11. The molecule has 32 heavy (non-hydrogen) atoms. The van der Waals surface area contributed by atoms with E-state index in [-0.39, 0.29) is 15.7 Å². The first-order valence-corrected chi connectivity index (χ1v) is 11.5. The van der Waals surface area contributed by atoms with Gasteiger partial charge in [-0.3, -0.25) is 20.5 Å². The van der Waals surface area contributed by atoms with Crippen LogP contribution in [0.4, 0.5) is 11.5 Å². The number of nitrogens with one attached hydrogen (secondary N) is 2. The lowest BCUT2D eigenvalue weighted by atomic mass is 10.2. The number of aromatic nitrogens is 3. The molecule has 4 aromatic rings. The maximum absolute atomic E-state index is 12.5. The van der Waals surface area contributed by atoms with Crippen LogP contribution in [0.3, 0.4) is 0 Å². The van der Waals surface area contributed by atoms with Crippen LogP contribution in [0.25, 0.3) is 10.9 Å². The van der Waals surface area contributed by atoms with Crippen molar-refractivity contribution >= 4 is 44.2 Å². The molecule has 0 amide bonds. The summed E-state index contributed by atoms with van der Waals surface area (Å²) in [6.07, 6.45) is 2.75. The molecule has 162 valence electrons. The maximum Gasteiger partial charge on any atom is 0.344 e. The number of sulfonamides is 1. The number of nitrogens with zero attached hydrogens (tertiary/aromatic N) is 4. The molecule has 0 fully saturated rings. The second-order valence-electron chi connectivity index (χ2n) is 6.61. The van der Waals surface area contributed by atoms with Crippen LogP contribution in [0, 0.1) is 17.0 Å². The van der Waals surface area contributed by atoms with Crippen molar-refractivity contribution < 1.29 is 13.3 Å². The quantitative estimate of drug-likeness (QED) is 0.236. The van der Waals surface area contributed by atoms with Gasteiger partial charge in [-0.05, 0) is 31.2 Å². The number of hydrogen-bond donors (Lipinski definition) is 2. The summed E-state index contributed by atoms with van der Waals surface area (Å²) in [4.78, 5) is 26.2. The molecule has 0 saturated carbocycles. The van der Waals surface area contributed by atoms with Crippen molar-refractivity contribution in [2.24, 2.45) is 0 Å². The third-order valence-corrected chi connectivity index (χ3v) is 6.71. The summed E-state index contributed by atoms with van der Waals surface area (Å²) in [5.41, 5.74) is 3.46. The molecule has 2 heterocycles. The molecule has 0 atom stereocenters. The second-order valence-corrected chi connectivity index (χ2v) is 9.32. The van der Waals surface area contributed by atoms with E-state index in [0.717, 1.165) is 29.0 Å². The van der Waals surface area contributed by atoms with Crippen molar-refractivity contribution in [1.29, 1.82) is 0 Å². The normalized spacial score (nSPS) is 11.4. The molecule has 0 aliphatic rings. The van der Waals surface area contributed by atoms with Gasteiger partial charge >= 0.3 is 5.69 Å². The Labute approximate surface area is 187 Å². The smallest absolute Gasteiger partial charge is 0.286 e. The van der Waals surface area contributed by atoms with E-state index in [1.165, 1.54) is 12.1 Å². The molecule has 0 bridgehead atoms. The molecule has 0 radical (unpaired) electrons. The summed E-state index contributed by atoms with van der Waals surface area (Å²) in [6.45, 7) is 1.83. The fourth-order valence-corrected chi connectivity index (χ4v) is 4.68. The monoisotopic (exact) mass is 468 g/mol. The average molecular weight is 469 g/mol. The molecule has 0 aliphatic carbocycles. The largest absolute Gasteiger partial charge is 0.344 e. The molecule has 0 unspecified atom stereocenters. The number of pyridine rings is 1. The van der Waals surface area contributed by atoms with Crippen molar-refractivity contribution in [2.45, 2.75) is 21.7 Å². The minimum absolute atomic E-state index is 0.00346. The van der Waals surface area contributed by atoms with Crippen LogP contribution in [-0.2, 0) is 10.0 Å². The number of hydrogen-bond acceptors (Lipinski definition) is 9. The van der Waals surface area contributed by atoms with Crippen LogP contribution in [0.5, 0.6) is 0 Å². The van der Waals surface area contributed by atoms with Gasteiger partial charge in [0.25, 0.3) is 10.0 Å². The summed E-state index contributed by atoms with van der Waals surface area (Å²) < 4.78 is 25.0. The van der Waals surface area contributed by atoms with E-state index >= 15 is 0 Å². The minimum atomic E-state index is -3.98.